The van der Waals surface area contributed by atoms with E-state index in [4.69, 9.17) is 21.4 Å². The van der Waals surface area contributed by atoms with Crippen molar-refractivity contribution in [2.75, 3.05) is 25.0 Å². The summed E-state index contributed by atoms with van der Waals surface area (Å²) in [7, 11) is 1.00. The van der Waals surface area contributed by atoms with Crippen molar-refractivity contribution in [2.45, 2.75) is 51.0 Å². The molecule has 0 aromatic heterocycles. The fraction of sp³-hybridized carbons (Fsp3) is 0.333. The molecule has 1 aliphatic rings. The molecule has 202 valence electrons. The molecule has 4 rings (SSSR count). The van der Waals surface area contributed by atoms with Gasteiger partial charge in [0.25, 0.3) is 5.91 Å². The zero-order valence-electron chi connectivity index (χ0n) is 22.5. The molecule has 6 nitrogen and oxygen atoms in total. The number of aryl methyl sites for hydroxylation is 4. The van der Waals surface area contributed by atoms with E-state index in [1.807, 2.05) is 58.0 Å². The quantitative estimate of drug-likeness (QED) is 0.230. The van der Waals surface area contributed by atoms with Gasteiger partial charge in [-0.25, -0.2) is 0 Å². The highest BCUT2D eigenvalue weighted by atomic mass is 35.5. The highest BCUT2D eigenvalue weighted by Gasteiger charge is 2.34. The van der Waals surface area contributed by atoms with Gasteiger partial charge in [0.05, 0.1) is 0 Å². The summed E-state index contributed by atoms with van der Waals surface area (Å²) in [6.07, 6.45) is 1.84. The topological polar surface area (TPSA) is 87.7 Å². The van der Waals surface area contributed by atoms with Crippen molar-refractivity contribution in [2.24, 2.45) is 0 Å². The number of aldehydes is 1. The smallest absolute Gasteiger partial charge is 0.252 e. The number of aliphatic hydroxyl groups excluding tert-OH is 1. The lowest BCUT2D eigenvalue weighted by Crippen LogP contribution is -2.53. The van der Waals surface area contributed by atoms with Crippen molar-refractivity contribution < 1.29 is 19.4 Å². The molecular weight excluding hydrogens is 520 g/mol. The van der Waals surface area contributed by atoms with Crippen LogP contribution >= 0.6 is 23.5 Å². The second-order valence-electron chi connectivity index (χ2n) is 9.48. The minimum Gasteiger partial charge on any atom is -0.400 e. The molecule has 1 aliphatic heterocycles. The van der Waals surface area contributed by atoms with Gasteiger partial charge in [0.1, 0.15) is 11.8 Å². The van der Waals surface area contributed by atoms with Crippen LogP contribution in [0.15, 0.2) is 53.4 Å². The third-order valence-corrected chi connectivity index (χ3v) is 8.07. The lowest BCUT2D eigenvalue weighted by molar-refractivity contribution is -0.116. The number of hydrogen-bond donors (Lipinski definition) is 3. The van der Waals surface area contributed by atoms with Crippen molar-refractivity contribution in [3.8, 4) is 11.1 Å². The maximum absolute atomic E-state index is 13.2. The Kier molecular flexibility index (Phi) is 10.4. The molecule has 0 atom stereocenters. The summed E-state index contributed by atoms with van der Waals surface area (Å²) in [4.78, 5) is 26.1. The molecular formula is C30H35ClN2O4S. The Morgan fingerprint density at radius 3 is 2.24 bits per heavy atom. The third-order valence-electron chi connectivity index (χ3n) is 6.66. The van der Waals surface area contributed by atoms with Gasteiger partial charge in [-0.15, -0.1) is 0 Å². The highest BCUT2D eigenvalue weighted by molar-refractivity contribution is 8.00. The molecule has 0 bridgehead atoms. The van der Waals surface area contributed by atoms with Crippen molar-refractivity contribution >= 4 is 41.4 Å². The van der Waals surface area contributed by atoms with Crippen LogP contribution in [0.3, 0.4) is 0 Å². The van der Waals surface area contributed by atoms with Crippen LogP contribution < -0.4 is 10.0 Å². The van der Waals surface area contributed by atoms with Gasteiger partial charge in [-0.2, -0.15) is 0 Å². The maximum atomic E-state index is 13.2. The average Bonchev–Trinajstić information content (AvgIpc) is 2.91. The fourth-order valence-corrected chi connectivity index (χ4v) is 5.55. The molecule has 0 aliphatic carbocycles. The number of ether oxygens (including phenoxy) is 1. The Morgan fingerprint density at radius 1 is 0.947 bits per heavy atom. The second kappa shape index (κ2) is 13.3. The van der Waals surface area contributed by atoms with Gasteiger partial charge >= 0.3 is 0 Å². The largest absolute Gasteiger partial charge is 0.400 e. The minimum absolute atomic E-state index is 0.217. The number of benzene rings is 3. The zero-order chi connectivity index (χ0) is 27.9. The summed E-state index contributed by atoms with van der Waals surface area (Å²) in [5, 5.41) is 10.8. The SMILES string of the molecule is CO.Cc1cc(SNc2cccc(-c3cc(C)c(C(=O)NC4(C=O)CCOCC4)c(C)c3)c2)c(C)cc1Cl. The highest BCUT2D eigenvalue weighted by Crippen LogP contribution is 2.32. The van der Waals surface area contributed by atoms with Crippen molar-refractivity contribution in [1.29, 1.82) is 0 Å². The van der Waals surface area contributed by atoms with E-state index in [-0.39, 0.29) is 5.91 Å². The number of halogens is 1. The molecule has 0 unspecified atom stereocenters. The van der Waals surface area contributed by atoms with E-state index in [0.717, 1.165) is 62.4 Å². The van der Waals surface area contributed by atoms with Gasteiger partial charge in [0.15, 0.2) is 0 Å². The number of amides is 1. The maximum Gasteiger partial charge on any atom is 0.252 e. The first-order valence-electron chi connectivity index (χ1n) is 12.4. The van der Waals surface area contributed by atoms with Crippen LogP contribution in [0.2, 0.25) is 5.02 Å². The molecule has 1 amide bonds. The number of anilines is 1. The third kappa shape index (κ3) is 6.97. The number of rotatable bonds is 7. The summed E-state index contributed by atoms with van der Waals surface area (Å²) in [5.74, 6) is -0.217. The van der Waals surface area contributed by atoms with Crippen molar-refractivity contribution in [1.82, 2.24) is 5.32 Å². The predicted octanol–water partition coefficient (Wildman–Crippen LogP) is 6.45. The molecule has 8 heteroatoms. The van der Waals surface area contributed by atoms with E-state index in [9.17, 15) is 9.59 Å². The molecule has 0 spiro atoms. The lowest BCUT2D eigenvalue weighted by atomic mass is 9.90. The van der Waals surface area contributed by atoms with E-state index in [1.165, 1.54) is 0 Å². The summed E-state index contributed by atoms with van der Waals surface area (Å²) in [6, 6.07) is 16.3. The summed E-state index contributed by atoms with van der Waals surface area (Å²) >= 11 is 7.79. The van der Waals surface area contributed by atoms with Gasteiger partial charge in [-0.3, -0.25) is 4.79 Å². The molecule has 0 saturated carbocycles. The van der Waals surface area contributed by atoms with Crippen LogP contribution in [0.5, 0.6) is 0 Å². The van der Waals surface area contributed by atoms with Crippen molar-refractivity contribution in [3.05, 3.63) is 81.4 Å². The number of aliphatic hydroxyl groups is 1. The molecule has 3 N–H and O–H groups in total. The number of nitrogens with one attached hydrogen (secondary N) is 2. The predicted molar refractivity (Wildman–Crippen MR) is 156 cm³/mol. The summed E-state index contributed by atoms with van der Waals surface area (Å²) < 4.78 is 8.81. The van der Waals surface area contributed by atoms with Gasteiger partial charge < -0.3 is 24.7 Å². The molecule has 38 heavy (non-hydrogen) atoms. The van der Waals surface area contributed by atoms with Crippen LogP contribution in [0.4, 0.5) is 5.69 Å². The van der Waals surface area contributed by atoms with E-state index in [2.05, 4.69) is 28.2 Å². The van der Waals surface area contributed by atoms with Crippen LogP contribution in [0.1, 0.15) is 45.5 Å². The molecule has 1 heterocycles. The monoisotopic (exact) mass is 554 g/mol. The van der Waals surface area contributed by atoms with Crippen LogP contribution in [-0.2, 0) is 9.53 Å². The average molecular weight is 555 g/mol. The summed E-state index contributed by atoms with van der Waals surface area (Å²) in [5.41, 5.74) is 6.74. The van der Waals surface area contributed by atoms with E-state index in [0.29, 0.717) is 31.6 Å². The standard InChI is InChI=1S/C29H31ClN2O3S.CH4O/c1-18-15-26(19(2)14-25(18)30)36-32-24-7-5-6-22(16-24)23-12-20(3)27(21(4)13-23)28(34)31-29(17-33)8-10-35-11-9-29;1-2/h5-7,12-17,32H,8-11H2,1-4H3,(H,31,34);2H,1H3. The van der Waals surface area contributed by atoms with Gasteiger partial charge in [0, 0.05) is 54.3 Å². The first-order valence-corrected chi connectivity index (χ1v) is 13.6. The van der Waals surface area contributed by atoms with Crippen molar-refractivity contribution in [3.63, 3.8) is 0 Å². The Labute approximate surface area is 234 Å². The Balaban J connectivity index is 0.00000195. The van der Waals surface area contributed by atoms with Crippen LogP contribution in [0.25, 0.3) is 11.1 Å². The van der Waals surface area contributed by atoms with E-state index < -0.39 is 5.54 Å². The molecule has 3 aromatic rings. The normalized spacial score (nSPS) is 14.2. The number of carbonyl (C=O) groups is 2. The van der Waals surface area contributed by atoms with Crippen LogP contribution in [0, 0.1) is 27.7 Å². The minimum atomic E-state index is -0.856. The molecule has 1 fully saturated rings. The Morgan fingerprint density at radius 2 is 1.61 bits per heavy atom. The second-order valence-corrected chi connectivity index (χ2v) is 10.7. The number of carbonyl (C=O) groups excluding carboxylic acids is 2. The first kappa shape index (κ1) is 29.7. The molecule has 0 radical (unpaired) electrons. The number of hydrogen-bond acceptors (Lipinski definition) is 6. The van der Waals surface area contributed by atoms with Gasteiger partial charge in [-0.1, -0.05) is 35.9 Å². The van der Waals surface area contributed by atoms with E-state index in [1.54, 1.807) is 11.9 Å². The van der Waals surface area contributed by atoms with Gasteiger partial charge in [-0.05, 0) is 97.3 Å². The first-order chi connectivity index (χ1) is 18.2. The Hall–Kier alpha value is -2.84. The lowest BCUT2D eigenvalue weighted by Gasteiger charge is -2.33. The fourth-order valence-electron chi connectivity index (χ4n) is 4.53. The van der Waals surface area contributed by atoms with Crippen LogP contribution in [-0.4, -0.2) is 43.2 Å². The molecule has 1 saturated heterocycles. The van der Waals surface area contributed by atoms with E-state index >= 15 is 0 Å². The Bertz CT molecular complexity index is 1280. The van der Waals surface area contributed by atoms with Gasteiger partial charge in [0.2, 0.25) is 0 Å². The molecule has 3 aromatic carbocycles. The summed E-state index contributed by atoms with van der Waals surface area (Å²) in [6.45, 7) is 8.86. The zero-order valence-corrected chi connectivity index (χ0v) is 24.1.